The van der Waals surface area contributed by atoms with E-state index < -0.39 is 0 Å². The predicted molar refractivity (Wildman–Crippen MR) is 76.1 cm³/mol. The van der Waals surface area contributed by atoms with Crippen LogP contribution in [0.1, 0.15) is 58.3 Å². The fraction of sp³-hybridized carbons (Fsp3) is 1.00. The lowest BCUT2D eigenvalue weighted by Crippen LogP contribution is -2.32. The molecular weight excluding hydrogens is 316 g/mol. The molecule has 2 heteroatoms. The van der Waals surface area contributed by atoms with Crippen molar-refractivity contribution in [1.82, 2.24) is 0 Å². The van der Waals surface area contributed by atoms with Crippen molar-refractivity contribution < 1.29 is 0 Å². The van der Waals surface area contributed by atoms with Gasteiger partial charge in [0, 0.05) is 10.7 Å². The quantitative estimate of drug-likeness (QED) is 0.422. The lowest BCUT2D eigenvalue weighted by Gasteiger charge is -2.36. The Balaban J connectivity index is 2.50. The molecule has 0 bridgehead atoms. The molecule has 0 nitrogen and oxygen atoms in total. The highest BCUT2D eigenvalue weighted by Crippen LogP contribution is 2.45. The van der Waals surface area contributed by atoms with Crippen LogP contribution in [0.4, 0.5) is 0 Å². The van der Waals surface area contributed by atoms with Crippen LogP contribution in [0.25, 0.3) is 0 Å². The van der Waals surface area contributed by atoms with Crippen molar-refractivity contribution in [3.63, 3.8) is 0 Å². The van der Waals surface area contributed by atoms with Crippen molar-refractivity contribution in [2.75, 3.05) is 10.7 Å². The molecule has 0 spiro atoms. The third kappa shape index (κ3) is 3.73. The van der Waals surface area contributed by atoms with Crippen LogP contribution in [0.3, 0.4) is 0 Å². The number of hydrogen-bond donors (Lipinski definition) is 0. The van der Waals surface area contributed by atoms with E-state index in [1.807, 2.05) is 0 Å². The van der Waals surface area contributed by atoms with Gasteiger partial charge in [0.1, 0.15) is 0 Å². The van der Waals surface area contributed by atoms with Gasteiger partial charge in [-0.3, -0.25) is 0 Å². The molecule has 1 fully saturated rings. The van der Waals surface area contributed by atoms with Crippen molar-refractivity contribution >= 4 is 31.9 Å². The van der Waals surface area contributed by atoms with E-state index in [1.165, 1.54) is 62.0 Å². The molecule has 0 aromatic rings. The van der Waals surface area contributed by atoms with Crippen molar-refractivity contribution in [2.45, 2.75) is 58.3 Å². The molecule has 1 saturated carbocycles. The van der Waals surface area contributed by atoms with Gasteiger partial charge in [0.15, 0.2) is 0 Å². The minimum absolute atomic E-state index is 0.547. The summed E-state index contributed by atoms with van der Waals surface area (Å²) in [5.41, 5.74) is 0.547. The zero-order valence-corrected chi connectivity index (χ0v) is 13.1. The topological polar surface area (TPSA) is 0 Å². The molecule has 0 N–H and O–H groups in total. The number of unbranched alkanes of at least 4 members (excludes halogenated alkanes) is 2. The predicted octanol–water partition coefficient (Wildman–Crippen LogP) is 5.53. The van der Waals surface area contributed by atoms with Crippen molar-refractivity contribution in [2.24, 2.45) is 11.3 Å². The summed E-state index contributed by atoms with van der Waals surface area (Å²) in [4.78, 5) is 0. The van der Waals surface area contributed by atoms with Gasteiger partial charge in [-0.15, -0.1) is 0 Å². The molecule has 0 saturated heterocycles. The van der Waals surface area contributed by atoms with Gasteiger partial charge < -0.3 is 0 Å². The van der Waals surface area contributed by atoms with Crippen LogP contribution in [0.5, 0.6) is 0 Å². The van der Waals surface area contributed by atoms with Gasteiger partial charge in [-0.2, -0.15) is 0 Å². The monoisotopic (exact) mass is 338 g/mol. The maximum absolute atomic E-state index is 3.77. The van der Waals surface area contributed by atoms with Crippen LogP contribution in [-0.4, -0.2) is 10.7 Å². The van der Waals surface area contributed by atoms with Gasteiger partial charge in [-0.05, 0) is 30.6 Å². The SMILES string of the molecule is CCCCCC(CBr)(CBr)C1CCCC1. The number of halogens is 2. The van der Waals surface area contributed by atoms with E-state index in [0.29, 0.717) is 5.41 Å². The van der Waals surface area contributed by atoms with E-state index in [0.717, 1.165) is 5.92 Å². The number of rotatable bonds is 7. The summed E-state index contributed by atoms with van der Waals surface area (Å²) >= 11 is 7.53. The summed E-state index contributed by atoms with van der Waals surface area (Å²) in [5.74, 6) is 0.966. The van der Waals surface area contributed by atoms with Gasteiger partial charge in [0.2, 0.25) is 0 Å². The highest BCUT2D eigenvalue weighted by Gasteiger charge is 2.37. The Bertz CT molecular complexity index is 158. The van der Waals surface area contributed by atoms with Gasteiger partial charge in [0.05, 0.1) is 0 Å². The Morgan fingerprint density at radius 1 is 1.07 bits per heavy atom. The molecule has 0 heterocycles. The van der Waals surface area contributed by atoms with Crippen LogP contribution in [-0.2, 0) is 0 Å². The average Bonchev–Trinajstić information content (AvgIpc) is 2.79. The van der Waals surface area contributed by atoms with Gasteiger partial charge in [0.25, 0.3) is 0 Å². The lowest BCUT2D eigenvalue weighted by molar-refractivity contribution is 0.209. The van der Waals surface area contributed by atoms with Crippen LogP contribution >= 0.6 is 31.9 Å². The van der Waals surface area contributed by atoms with Gasteiger partial charge in [-0.1, -0.05) is 70.9 Å². The molecule has 1 aliphatic carbocycles. The highest BCUT2D eigenvalue weighted by molar-refractivity contribution is 9.09. The third-order valence-corrected chi connectivity index (χ3v) is 6.27. The Hall–Kier alpha value is 0.960. The Kier molecular flexibility index (Phi) is 6.84. The first-order valence-corrected chi connectivity index (χ1v) is 8.65. The second-order valence-electron chi connectivity index (χ2n) is 5.07. The van der Waals surface area contributed by atoms with Gasteiger partial charge >= 0.3 is 0 Å². The summed E-state index contributed by atoms with van der Waals surface area (Å²) in [6, 6.07) is 0. The zero-order chi connectivity index (χ0) is 11.1. The summed E-state index contributed by atoms with van der Waals surface area (Å²) in [7, 11) is 0. The summed E-state index contributed by atoms with van der Waals surface area (Å²) in [5, 5.41) is 2.36. The van der Waals surface area contributed by atoms with Gasteiger partial charge in [-0.25, -0.2) is 0 Å². The average molecular weight is 340 g/mol. The smallest absolute Gasteiger partial charge is 0.00986 e. The van der Waals surface area contributed by atoms with Crippen molar-refractivity contribution in [1.29, 1.82) is 0 Å². The molecule has 0 aromatic heterocycles. The Morgan fingerprint density at radius 2 is 1.67 bits per heavy atom. The highest BCUT2D eigenvalue weighted by atomic mass is 79.9. The first-order valence-electron chi connectivity index (χ1n) is 6.41. The molecule has 0 amide bonds. The fourth-order valence-electron chi connectivity index (χ4n) is 2.86. The summed E-state index contributed by atoms with van der Waals surface area (Å²) < 4.78 is 0. The summed E-state index contributed by atoms with van der Waals surface area (Å²) in [6.07, 6.45) is 11.4. The van der Waals surface area contributed by atoms with Crippen LogP contribution in [0, 0.1) is 11.3 Å². The molecule has 15 heavy (non-hydrogen) atoms. The van der Waals surface area contributed by atoms with E-state index in [1.54, 1.807) is 0 Å². The molecule has 0 aromatic carbocycles. The van der Waals surface area contributed by atoms with Crippen molar-refractivity contribution in [3.8, 4) is 0 Å². The van der Waals surface area contributed by atoms with Crippen molar-refractivity contribution in [3.05, 3.63) is 0 Å². The minimum Gasteiger partial charge on any atom is -0.0922 e. The Labute approximate surface area is 112 Å². The first-order chi connectivity index (χ1) is 7.29. The largest absolute Gasteiger partial charge is 0.0922 e. The standard InChI is InChI=1S/C13H24Br2/c1-2-3-6-9-13(10-14,11-15)12-7-4-5-8-12/h12H,2-11H2,1H3. The molecule has 0 aliphatic heterocycles. The van der Waals surface area contributed by atoms with Crippen LogP contribution in [0.2, 0.25) is 0 Å². The second-order valence-corrected chi connectivity index (χ2v) is 6.19. The minimum atomic E-state index is 0.547. The van der Waals surface area contributed by atoms with Crippen LogP contribution in [0.15, 0.2) is 0 Å². The lowest BCUT2D eigenvalue weighted by atomic mass is 9.74. The Morgan fingerprint density at radius 3 is 2.13 bits per heavy atom. The van der Waals surface area contributed by atoms with Crippen LogP contribution < -0.4 is 0 Å². The second kappa shape index (κ2) is 7.32. The van der Waals surface area contributed by atoms with E-state index in [9.17, 15) is 0 Å². The van der Waals surface area contributed by atoms with E-state index in [-0.39, 0.29) is 0 Å². The fourth-order valence-corrected chi connectivity index (χ4v) is 5.26. The molecule has 90 valence electrons. The molecule has 1 aliphatic rings. The number of alkyl halides is 2. The normalized spacial score (nSPS) is 18.6. The summed E-state index contributed by atoms with van der Waals surface area (Å²) in [6.45, 7) is 2.29. The molecule has 0 atom stereocenters. The maximum atomic E-state index is 3.77. The molecule has 0 unspecified atom stereocenters. The zero-order valence-electron chi connectivity index (χ0n) is 9.90. The van der Waals surface area contributed by atoms with E-state index >= 15 is 0 Å². The molecular formula is C13H24Br2. The number of hydrogen-bond acceptors (Lipinski definition) is 0. The molecule has 0 radical (unpaired) electrons. The maximum Gasteiger partial charge on any atom is 0.00986 e. The molecule has 1 rings (SSSR count). The third-order valence-electron chi connectivity index (χ3n) is 4.03. The first kappa shape index (κ1) is 14.0. The van der Waals surface area contributed by atoms with E-state index in [2.05, 4.69) is 38.8 Å². The van der Waals surface area contributed by atoms with E-state index in [4.69, 9.17) is 0 Å².